The van der Waals surface area contributed by atoms with Crippen LogP contribution in [0.5, 0.6) is 5.75 Å². The van der Waals surface area contributed by atoms with E-state index in [-0.39, 0.29) is 32.1 Å². The maximum Gasteiger partial charge on any atom is 0.317 e. The maximum atomic E-state index is 12.3. The molecule has 14 heteroatoms. The summed E-state index contributed by atoms with van der Waals surface area (Å²) in [7, 11) is 0. The van der Waals surface area contributed by atoms with Crippen molar-refractivity contribution < 1.29 is 29.3 Å². The molecule has 6 N–H and O–H groups in total. The lowest BCUT2D eigenvalue weighted by molar-refractivity contribution is -0.139. The van der Waals surface area contributed by atoms with Gasteiger partial charge in [0.2, 0.25) is 0 Å². The fraction of sp³-hybridized carbons (Fsp3) is 0.625. The fourth-order valence-corrected chi connectivity index (χ4v) is 3.93. The van der Waals surface area contributed by atoms with Crippen LogP contribution in [0.3, 0.4) is 0 Å². The smallest absolute Gasteiger partial charge is 0.317 e. The zero-order valence-corrected chi connectivity index (χ0v) is 22.6. The Morgan fingerprint density at radius 1 is 1.00 bits per heavy atom. The number of thiocarbonyl (C=S) groups is 1. The predicted octanol–water partition coefficient (Wildman–Crippen LogP) is -0.783. The zero-order chi connectivity index (χ0) is 27.8. The Kier molecular flexibility index (Phi) is 14.3. The van der Waals surface area contributed by atoms with E-state index in [9.17, 15) is 24.6 Å². The number of hydrogen-bond donors (Lipinski definition) is 6. The van der Waals surface area contributed by atoms with Crippen molar-refractivity contribution in [1.29, 1.82) is 0 Å². The number of rotatable bonds is 13. The van der Waals surface area contributed by atoms with Gasteiger partial charge in [-0.1, -0.05) is 13.3 Å². The topological polar surface area (TPSA) is 168 Å². The Balaban J connectivity index is 2.00. The van der Waals surface area contributed by atoms with Crippen LogP contribution in [-0.2, 0) is 27.5 Å². The number of hydrogen-bond acceptors (Lipinski definition) is 9. The maximum absolute atomic E-state index is 12.3. The van der Waals surface area contributed by atoms with E-state index in [1.807, 2.05) is 0 Å². The van der Waals surface area contributed by atoms with Gasteiger partial charge in [0, 0.05) is 58.9 Å². The molecule has 2 rings (SSSR count). The van der Waals surface area contributed by atoms with Crippen molar-refractivity contribution in [2.24, 2.45) is 0 Å². The number of carboxylic acids is 2. The van der Waals surface area contributed by atoms with Crippen LogP contribution in [0.2, 0.25) is 0 Å². The lowest BCUT2D eigenvalue weighted by atomic mass is 10.2. The Morgan fingerprint density at radius 3 is 2.29 bits per heavy atom. The lowest BCUT2D eigenvalue weighted by Gasteiger charge is -2.25. The molecule has 0 spiro atoms. The molecule has 0 saturated heterocycles. The second-order valence-corrected chi connectivity index (χ2v) is 9.29. The van der Waals surface area contributed by atoms with Crippen molar-refractivity contribution in [3.63, 3.8) is 0 Å². The third-order valence-corrected chi connectivity index (χ3v) is 5.87. The minimum Gasteiger partial charge on any atom is -0.482 e. The Morgan fingerprint density at radius 2 is 1.63 bits per heavy atom. The normalized spacial score (nSPS) is 15.0. The average molecular weight is 554 g/mol. The molecule has 0 unspecified atom stereocenters. The molecule has 13 nitrogen and oxygen atoms in total. The number of carbonyl (C=O) groups excluding carboxylic acids is 1. The monoisotopic (exact) mass is 553 g/mol. The van der Waals surface area contributed by atoms with E-state index in [4.69, 9.17) is 17.0 Å². The summed E-state index contributed by atoms with van der Waals surface area (Å²) in [5, 5.41) is 31.2. The van der Waals surface area contributed by atoms with Crippen molar-refractivity contribution in [3.05, 3.63) is 23.5 Å². The van der Waals surface area contributed by atoms with Crippen LogP contribution < -0.4 is 26.0 Å². The van der Waals surface area contributed by atoms with Crippen LogP contribution >= 0.6 is 12.2 Å². The highest BCUT2D eigenvalue weighted by Crippen LogP contribution is 2.20. The summed E-state index contributed by atoms with van der Waals surface area (Å²) >= 11 is 5.18. The van der Waals surface area contributed by atoms with Crippen molar-refractivity contribution >= 4 is 35.2 Å². The molecule has 1 aromatic heterocycles. The average Bonchev–Trinajstić information content (AvgIpc) is 2.84. The minimum atomic E-state index is -0.962. The van der Waals surface area contributed by atoms with E-state index in [0.29, 0.717) is 68.1 Å². The van der Waals surface area contributed by atoms with Gasteiger partial charge in [-0.25, -0.2) is 0 Å². The van der Waals surface area contributed by atoms with Gasteiger partial charge in [-0.3, -0.25) is 29.2 Å². The second-order valence-electron chi connectivity index (χ2n) is 8.88. The van der Waals surface area contributed by atoms with Gasteiger partial charge >= 0.3 is 11.9 Å². The molecule has 1 aromatic rings. The van der Waals surface area contributed by atoms with Gasteiger partial charge in [-0.05, 0) is 30.8 Å². The van der Waals surface area contributed by atoms with E-state index in [2.05, 4.69) is 33.2 Å². The molecule has 1 aliphatic heterocycles. The molecule has 1 amide bonds. The standard InChI is InChI=1S/C24H39N7O6S/c1-2-3-6-27-24(38)28-8-7-26-21(32)17-37-20-5-4-18-13-30(15-22(33)34)11-9-25-10-12-31(16-23(35)36)14-19(20)29-18/h4-5,25H,2-3,6-17H2,1H3,(H,26,32)(H,33,34)(H,35,36)(H2,27,28,38). The quantitative estimate of drug-likeness (QED) is 0.133. The van der Waals surface area contributed by atoms with Crippen LogP contribution in [0.15, 0.2) is 12.1 Å². The molecule has 0 fully saturated rings. The van der Waals surface area contributed by atoms with E-state index >= 15 is 0 Å². The number of carboxylic acid groups (broad SMARTS) is 2. The minimum absolute atomic E-state index is 0.128. The number of aromatic nitrogens is 1. The fourth-order valence-electron chi connectivity index (χ4n) is 3.73. The van der Waals surface area contributed by atoms with Crippen LogP contribution in [0.4, 0.5) is 0 Å². The molecule has 2 bridgehead atoms. The second kappa shape index (κ2) is 17.4. The Bertz CT molecular complexity index is 936. The first-order valence-corrected chi connectivity index (χ1v) is 13.2. The summed E-state index contributed by atoms with van der Waals surface area (Å²) in [5.41, 5.74) is 1.11. The van der Waals surface area contributed by atoms with Gasteiger partial charge in [0.1, 0.15) is 5.75 Å². The van der Waals surface area contributed by atoms with Gasteiger partial charge in [0.15, 0.2) is 11.7 Å². The molecule has 0 radical (unpaired) electrons. The molecule has 212 valence electrons. The summed E-state index contributed by atoms with van der Waals surface area (Å²) in [6, 6.07) is 3.41. The number of ether oxygens (including phenoxy) is 1. The molecule has 0 aromatic carbocycles. The number of nitrogens with one attached hydrogen (secondary N) is 4. The van der Waals surface area contributed by atoms with Gasteiger partial charge in [0.05, 0.1) is 24.5 Å². The van der Waals surface area contributed by atoms with Crippen LogP contribution in [-0.4, -0.2) is 113 Å². The molecular formula is C24H39N7O6S. The summed E-state index contributed by atoms with van der Waals surface area (Å²) in [5.74, 6) is -1.84. The number of aliphatic carboxylic acids is 2. The first kappa shape index (κ1) is 31.1. The molecule has 0 saturated carbocycles. The van der Waals surface area contributed by atoms with Gasteiger partial charge in [-0.15, -0.1) is 0 Å². The summed E-state index contributed by atoms with van der Waals surface area (Å²) in [6.45, 7) is 5.72. The van der Waals surface area contributed by atoms with E-state index in [0.717, 1.165) is 19.4 Å². The summed E-state index contributed by atoms with van der Waals surface area (Å²) < 4.78 is 5.76. The highest BCUT2D eigenvalue weighted by molar-refractivity contribution is 7.80. The van der Waals surface area contributed by atoms with E-state index in [1.54, 1.807) is 21.9 Å². The molecule has 0 aliphatic carbocycles. The lowest BCUT2D eigenvalue weighted by Crippen LogP contribution is -2.41. The first-order valence-electron chi connectivity index (χ1n) is 12.8. The number of fused-ring (bicyclic) bond motifs is 2. The third kappa shape index (κ3) is 12.9. The van der Waals surface area contributed by atoms with Gasteiger partial charge < -0.3 is 36.2 Å². The van der Waals surface area contributed by atoms with Gasteiger partial charge in [-0.2, -0.15) is 0 Å². The number of nitrogens with zero attached hydrogens (tertiary/aromatic N) is 3. The van der Waals surface area contributed by atoms with Crippen LogP contribution in [0, 0.1) is 0 Å². The molecule has 38 heavy (non-hydrogen) atoms. The number of pyridine rings is 1. The van der Waals surface area contributed by atoms with Gasteiger partial charge in [0.25, 0.3) is 5.91 Å². The summed E-state index contributed by atoms with van der Waals surface area (Å²) in [6.07, 6.45) is 2.10. The molecule has 0 atom stereocenters. The highest BCUT2D eigenvalue weighted by atomic mass is 32.1. The molecular weight excluding hydrogens is 514 g/mol. The Hall–Kier alpha value is -3.07. The molecule has 2 heterocycles. The number of amides is 1. The van der Waals surface area contributed by atoms with Crippen LogP contribution in [0.25, 0.3) is 0 Å². The first-order chi connectivity index (χ1) is 18.3. The largest absolute Gasteiger partial charge is 0.482 e. The number of carbonyl (C=O) groups is 3. The predicted molar refractivity (Wildman–Crippen MR) is 145 cm³/mol. The Labute approximate surface area is 228 Å². The van der Waals surface area contributed by atoms with E-state index in [1.165, 1.54) is 0 Å². The highest BCUT2D eigenvalue weighted by Gasteiger charge is 2.19. The van der Waals surface area contributed by atoms with Crippen molar-refractivity contribution in [1.82, 2.24) is 36.1 Å². The van der Waals surface area contributed by atoms with Crippen molar-refractivity contribution in [2.75, 3.05) is 65.5 Å². The molecule has 1 aliphatic rings. The third-order valence-electron chi connectivity index (χ3n) is 5.58. The SMILES string of the molecule is CCCCNC(=S)NCCNC(=O)COc1ccc2nc1CN(CC(=O)O)CCNCCN(CC(=O)O)C2. The summed E-state index contributed by atoms with van der Waals surface area (Å²) in [4.78, 5) is 43.1. The number of unbranched alkanes of at least 4 members (excludes halogenated alkanes) is 1. The van der Waals surface area contributed by atoms with Crippen molar-refractivity contribution in [3.8, 4) is 5.75 Å². The van der Waals surface area contributed by atoms with Crippen LogP contribution in [0.1, 0.15) is 31.2 Å². The zero-order valence-electron chi connectivity index (χ0n) is 21.8. The van der Waals surface area contributed by atoms with E-state index < -0.39 is 11.9 Å². The van der Waals surface area contributed by atoms with Crippen molar-refractivity contribution in [2.45, 2.75) is 32.9 Å².